The monoisotopic (exact) mass is 224 g/mol. The molecule has 0 radical (unpaired) electrons. The van der Waals surface area contributed by atoms with E-state index in [1.807, 2.05) is 12.1 Å². The van der Waals surface area contributed by atoms with E-state index >= 15 is 0 Å². The van der Waals surface area contributed by atoms with Crippen LogP contribution < -0.4 is 10.2 Å². The Morgan fingerprint density at radius 3 is 2.87 bits per heavy atom. The van der Waals surface area contributed by atoms with Gasteiger partial charge in [0, 0.05) is 23.7 Å². The number of nitrogens with one attached hydrogen (secondary N) is 1. The Bertz CT molecular complexity index is 363. The standard InChI is InChI=1S/C12H17ClN2/c1-8(2)15-9(3)7-14-11-5-4-10(13)6-12(11)15/h4-6,8-9,14H,7H2,1-3H3. The molecule has 1 aliphatic rings. The van der Waals surface area contributed by atoms with E-state index in [0.29, 0.717) is 12.1 Å². The predicted molar refractivity (Wildman–Crippen MR) is 67.0 cm³/mol. The fraction of sp³-hybridized carbons (Fsp3) is 0.500. The first-order valence-electron chi connectivity index (χ1n) is 5.41. The summed E-state index contributed by atoms with van der Waals surface area (Å²) >= 11 is 6.04. The number of hydrogen-bond donors (Lipinski definition) is 1. The van der Waals surface area contributed by atoms with E-state index in [1.165, 1.54) is 11.4 Å². The van der Waals surface area contributed by atoms with Crippen molar-refractivity contribution in [3.8, 4) is 0 Å². The SMILES string of the molecule is CC(C)N1c2cc(Cl)ccc2NCC1C. The predicted octanol–water partition coefficient (Wildman–Crippen LogP) is 3.37. The highest BCUT2D eigenvalue weighted by Gasteiger charge is 2.24. The van der Waals surface area contributed by atoms with Gasteiger partial charge in [0.05, 0.1) is 11.4 Å². The molecule has 3 heteroatoms. The lowest BCUT2D eigenvalue weighted by Crippen LogP contribution is -2.46. The minimum absolute atomic E-state index is 0.499. The van der Waals surface area contributed by atoms with Crippen LogP contribution in [0.2, 0.25) is 5.02 Å². The molecular formula is C12H17ClN2. The molecule has 0 bridgehead atoms. The van der Waals surface area contributed by atoms with Gasteiger partial charge in [-0.15, -0.1) is 0 Å². The summed E-state index contributed by atoms with van der Waals surface area (Å²) in [5.74, 6) is 0. The van der Waals surface area contributed by atoms with Gasteiger partial charge >= 0.3 is 0 Å². The van der Waals surface area contributed by atoms with Crippen molar-refractivity contribution < 1.29 is 0 Å². The van der Waals surface area contributed by atoms with Crippen LogP contribution in [0.3, 0.4) is 0 Å². The summed E-state index contributed by atoms with van der Waals surface area (Å²) in [6, 6.07) is 7.04. The van der Waals surface area contributed by atoms with Crippen LogP contribution in [0, 0.1) is 0 Å². The lowest BCUT2D eigenvalue weighted by atomic mass is 10.1. The van der Waals surface area contributed by atoms with E-state index in [0.717, 1.165) is 11.6 Å². The average molecular weight is 225 g/mol. The topological polar surface area (TPSA) is 15.3 Å². The van der Waals surface area contributed by atoms with Gasteiger partial charge in [0.1, 0.15) is 0 Å². The van der Waals surface area contributed by atoms with Gasteiger partial charge in [0.25, 0.3) is 0 Å². The molecule has 2 nitrogen and oxygen atoms in total. The first-order valence-corrected chi connectivity index (χ1v) is 5.79. The molecule has 0 spiro atoms. The molecule has 1 aromatic rings. The Balaban J connectivity index is 2.46. The summed E-state index contributed by atoms with van der Waals surface area (Å²) in [5, 5.41) is 4.23. The average Bonchev–Trinajstić information content (AvgIpc) is 2.16. The lowest BCUT2D eigenvalue weighted by molar-refractivity contribution is 0.580. The Morgan fingerprint density at radius 2 is 2.20 bits per heavy atom. The molecule has 1 heterocycles. The van der Waals surface area contributed by atoms with E-state index in [9.17, 15) is 0 Å². The molecule has 1 N–H and O–H groups in total. The summed E-state index contributed by atoms with van der Waals surface area (Å²) < 4.78 is 0. The second kappa shape index (κ2) is 3.93. The quantitative estimate of drug-likeness (QED) is 0.787. The molecule has 82 valence electrons. The molecule has 0 saturated heterocycles. The van der Waals surface area contributed by atoms with Crippen molar-refractivity contribution in [3.05, 3.63) is 23.2 Å². The van der Waals surface area contributed by atoms with Crippen molar-refractivity contribution in [1.82, 2.24) is 0 Å². The van der Waals surface area contributed by atoms with Crippen LogP contribution >= 0.6 is 11.6 Å². The first kappa shape index (κ1) is 10.6. The third kappa shape index (κ3) is 1.91. The molecule has 0 aliphatic carbocycles. The molecule has 0 amide bonds. The summed E-state index contributed by atoms with van der Waals surface area (Å²) in [6.07, 6.45) is 0. The van der Waals surface area contributed by atoms with E-state index in [4.69, 9.17) is 11.6 Å². The van der Waals surface area contributed by atoms with Crippen molar-refractivity contribution in [2.24, 2.45) is 0 Å². The Labute approximate surface area is 96.2 Å². The van der Waals surface area contributed by atoms with Gasteiger partial charge in [-0.3, -0.25) is 0 Å². The van der Waals surface area contributed by atoms with Crippen LogP contribution in [-0.2, 0) is 0 Å². The second-order valence-corrected chi connectivity index (χ2v) is 4.83. The number of nitrogens with zero attached hydrogens (tertiary/aromatic N) is 1. The van der Waals surface area contributed by atoms with Gasteiger partial charge in [-0.2, -0.15) is 0 Å². The highest BCUT2D eigenvalue weighted by atomic mass is 35.5. The second-order valence-electron chi connectivity index (χ2n) is 4.39. The van der Waals surface area contributed by atoms with Crippen molar-refractivity contribution >= 4 is 23.0 Å². The minimum Gasteiger partial charge on any atom is -0.381 e. The van der Waals surface area contributed by atoms with Crippen molar-refractivity contribution in [3.63, 3.8) is 0 Å². The van der Waals surface area contributed by atoms with Gasteiger partial charge in [-0.05, 0) is 39.0 Å². The lowest BCUT2D eigenvalue weighted by Gasteiger charge is -2.40. The molecule has 0 aromatic heterocycles. The van der Waals surface area contributed by atoms with Crippen LogP contribution in [0.15, 0.2) is 18.2 Å². The van der Waals surface area contributed by atoms with Gasteiger partial charge < -0.3 is 10.2 Å². The molecule has 1 unspecified atom stereocenters. The van der Waals surface area contributed by atoms with Crippen molar-refractivity contribution in [1.29, 1.82) is 0 Å². The highest BCUT2D eigenvalue weighted by Crippen LogP contribution is 2.34. The zero-order valence-corrected chi connectivity index (χ0v) is 10.2. The Morgan fingerprint density at radius 1 is 1.47 bits per heavy atom. The maximum absolute atomic E-state index is 6.04. The summed E-state index contributed by atoms with van der Waals surface area (Å²) in [6.45, 7) is 7.66. The third-order valence-electron chi connectivity index (χ3n) is 2.86. The van der Waals surface area contributed by atoms with Crippen LogP contribution in [0.4, 0.5) is 11.4 Å². The normalized spacial score (nSPS) is 20.1. The molecule has 0 fully saturated rings. The zero-order chi connectivity index (χ0) is 11.0. The fourth-order valence-electron chi connectivity index (χ4n) is 2.25. The summed E-state index contributed by atoms with van der Waals surface area (Å²) in [7, 11) is 0. The summed E-state index contributed by atoms with van der Waals surface area (Å²) in [5.41, 5.74) is 2.41. The molecule has 1 atom stereocenters. The molecule has 15 heavy (non-hydrogen) atoms. The van der Waals surface area contributed by atoms with Gasteiger partial charge in [0.2, 0.25) is 0 Å². The van der Waals surface area contributed by atoms with E-state index in [2.05, 4.69) is 37.1 Å². The van der Waals surface area contributed by atoms with Crippen molar-refractivity contribution in [2.45, 2.75) is 32.9 Å². The number of rotatable bonds is 1. The van der Waals surface area contributed by atoms with E-state index in [-0.39, 0.29) is 0 Å². The third-order valence-corrected chi connectivity index (χ3v) is 3.09. The number of fused-ring (bicyclic) bond motifs is 1. The zero-order valence-electron chi connectivity index (χ0n) is 9.42. The summed E-state index contributed by atoms with van der Waals surface area (Å²) in [4.78, 5) is 2.41. The van der Waals surface area contributed by atoms with Crippen LogP contribution in [-0.4, -0.2) is 18.6 Å². The minimum atomic E-state index is 0.499. The molecular weight excluding hydrogens is 208 g/mol. The molecule has 1 aliphatic heterocycles. The number of halogens is 1. The smallest absolute Gasteiger partial charge is 0.0622 e. The van der Waals surface area contributed by atoms with Gasteiger partial charge in [-0.25, -0.2) is 0 Å². The molecule has 1 aromatic carbocycles. The van der Waals surface area contributed by atoms with Gasteiger partial charge in [0.15, 0.2) is 0 Å². The van der Waals surface area contributed by atoms with Crippen LogP contribution in [0.25, 0.3) is 0 Å². The van der Waals surface area contributed by atoms with E-state index < -0.39 is 0 Å². The highest BCUT2D eigenvalue weighted by molar-refractivity contribution is 6.31. The van der Waals surface area contributed by atoms with E-state index in [1.54, 1.807) is 0 Å². The van der Waals surface area contributed by atoms with Crippen LogP contribution in [0.1, 0.15) is 20.8 Å². The number of anilines is 2. The fourth-order valence-corrected chi connectivity index (χ4v) is 2.41. The Hall–Kier alpha value is -0.890. The largest absolute Gasteiger partial charge is 0.381 e. The maximum atomic E-state index is 6.04. The molecule has 0 saturated carbocycles. The van der Waals surface area contributed by atoms with Crippen LogP contribution in [0.5, 0.6) is 0 Å². The number of hydrogen-bond acceptors (Lipinski definition) is 2. The van der Waals surface area contributed by atoms with Gasteiger partial charge in [-0.1, -0.05) is 11.6 Å². The first-order chi connectivity index (χ1) is 7.09. The maximum Gasteiger partial charge on any atom is 0.0622 e. The van der Waals surface area contributed by atoms with Crippen molar-refractivity contribution in [2.75, 3.05) is 16.8 Å². The number of benzene rings is 1. The molecule has 2 rings (SSSR count). The Kier molecular flexibility index (Phi) is 2.79.